The number of carbonyl (C=O) groups is 2. The van der Waals surface area contributed by atoms with Crippen molar-refractivity contribution in [3.8, 4) is 0 Å². The average molecular weight is 280 g/mol. The van der Waals surface area contributed by atoms with E-state index in [0.29, 0.717) is 6.10 Å². The molecular formula is C14H20N2O4. The van der Waals surface area contributed by atoms with E-state index in [0.717, 1.165) is 32.3 Å². The van der Waals surface area contributed by atoms with Gasteiger partial charge in [-0.15, -0.1) is 0 Å². The first-order chi connectivity index (χ1) is 9.56. The van der Waals surface area contributed by atoms with Crippen LogP contribution in [0.3, 0.4) is 0 Å². The van der Waals surface area contributed by atoms with E-state index in [-0.39, 0.29) is 23.5 Å². The van der Waals surface area contributed by atoms with Crippen LogP contribution >= 0.6 is 0 Å². The summed E-state index contributed by atoms with van der Waals surface area (Å²) in [4.78, 5) is 22.8. The topological polar surface area (TPSA) is 94.6 Å². The molecular weight excluding hydrogens is 260 g/mol. The number of hydrogen-bond acceptors (Lipinski definition) is 4. The Hall–Kier alpha value is -1.82. The number of primary amides is 1. The smallest absolute Gasteiger partial charge is 0.287 e. The maximum Gasteiger partial charge on any atom is 0.287 e. The van der Waals surface area contributed by atoms with Gasteiger partial charge < -0.3 is 20.2 Å². The fourth-order valence-electron chi connectivity index (χ4n) is 2.27. The Labute approximate surface area is 117 Å². The molecule has 2 amide bonds. The van der Waals surface area contributed by atoms with E-state index in [1.807, 2.05) is 6.92 Å². The monoisotopic (exact) mass is 280 g/mol. The van der Waals surface area contributed by atoms with Gasteiger partial charge in [0, 0.05) is 12.6 Å². The van der Waals surface area contributed by atoms with E-state index < -0.39 is 5.91 Å². The molecule has 1 saturated heterocycles. The molecule has 0 bridgehead atoms. The fraction of sp³-hybridized carbons (Fsp3) is 0.571. The van der Waals surface area contributed by atoms with Crippen molar-refractivity contribution >= 4 is 11.8 Å². The Morgan fingerprint density at radius 1 is 1.45 bits per heavy atom. The lowest BCUT2D eigenvalue weighted by Gasteiger charge is -2.15. The molecule has 0 radical (unpaired) electrons. The molecule has 0 saturated carbocycles. The van der Waals surface area contributed by atoms with Gasteiger partial charge in [0.1, 0.15) is 0 Å². The molecule has 1 aromatic rings. The normalized spacial score (nSPS) is 19.8. The highest BCUT2D eigenvalue weighted by Crippen LogP contribution is 2.17. The largest absolute Gasteiger partial charge is 0.446 e. The minimum atomic E-state index is -0.685. The average Bonchev–Trinajstić information content (AvgIpc) is 3.07. The number of furan rings is 1. The Kier molecular flexibility index (Phi) is 4.79. The van der Waals surface area contributed by atoms with E-state index in [1.165, 1.54) is 12.1 Å². The Bertz CT molecular complexity index is 477. The van der Waals surface area contributed by atoms with Crippen molar-refractivity contribution in [1.29, 1.82) is 0 Å². The zero-order chi connectivity index (χ0) is 14.5. The summed E-state index contributed by atoms with van der Waals surface area (Å²) in [6.45, 7) is 2.78. The van der Waals surface area contributed by atoms with Crippen LogP contribution in [0.2, 0.25) is 0 Å². The highest BCUT2D eigenvalue weighted by Gasteiger charge is 2.19. The molecule has 1 aliphatic heterocycles. The van der Waals surface area contributed by atoms with Gasteiger partial charge in [-0.3, -0.25) is 9.59 Å². The molecule has 0 unspecified atom stereocenters. The van der Waals surface area contributed by atoms with Gasteiger partial charge in [-0.05, 0) is 44.7 Å². The lowest BCUT2D eigenvalue weighted by Crippen LogP contribution is -2.33. The summed E-state index contributed by atoms with van der Waals surface area (Å²) in [6, 6.07) is 2.87. The minimum absolute atomic E-state index is 0.0119. The molecule has 1 aliphatic rings. The molecule has 0 aliphatic carbocycles. The number of rotatable bonds is 6. The van der Waals surface area contributed by atoms with Gasteiger partial charge >= 0.3 is 0 Å². The number of hydrogen-bond donors (Lipinski definition) is 2. The molecule has 2 atom stereocenters. The summed E-state index contributed by atoms with van der Waals surface area (Å²) in [7, 11) is 0. The van der Waals surface area contributed by atoms with Gasteiger partial charge in [-0.25, -0.2) is 0 Å². The first-order valence-electron chi connectivity index (χ1n) is 6.88. The summed E-state index contributed by atoms with van der Waals surface area (Å²) in [5.41, 5.74) is 5.07. The van der Waals surface area contributed by atoms with Gasteiger partial charge in [-0.2, -0.15) is 0 Å². The lowest BCUT2D eigenvalue weighted by atomic mass is 10.1. The molecule has 0 spiro atoms. The molecule has 3 N–H and O–H groups in total. The Morgan fingerprint density at radius 3 is 2.80 bits per heavy atom. The lowest BCUT2D eigenvalue weighted by molar-refractivity contribution is 0.0872. The summed E-state index contributed by atoms with van der Waals surface area (Å²) in [5.74, 6) is -0.933. The Balaban J connectivity index is 1.78. The van der Waals surface area contributed by atoms with Crippen molar-refractivity contribution in [2.75, 3.05) is 6.61 Å². The number of carbonyl (C=O) groups excluding carboxylic acids is 2. The van der Waals surface area contributed by atoms with Crippen molar-refractivity contribution < 1.29 is 18.7 Å². The Morgan fingerprint density at radius 2 is 2.20 bits per heavy atom. The maximum atomic E-state index is 11.9. The van der Waals surface area contributed by atoms with Gasteiger partial charge in [0.2, 0.25) is 0 Å². The summed E-state index contributed by atoms with van der Waals surface area (Å²) in [5, 5.41) is 2.83. The van der Waals surface area contributed by atoms with E-state index in [9.17, 15) is 9.59 Å². The first-order valence-corrected chi connectivity index (χ1v) is 6.88. The van der Waals surface area contributed by atoms with Crippen LogP contribution in [0, 0.1) is 0 Å². The predicted molar refractivity (Wildman–Crippen MR) is 72.4 cm³/mol. The van der Waals surface area contributed by atoms with E-state index >= 15 is 0 Å². The number of ether oxygens (including phenoxy) is 1. The van der Waals surface area contributed by atoms with Crippen molar-refractivity contribution in [2.24, 2.45) is 5.73 Å². The maximum absolute atomic E-state index is 11.9. The molecule has 1 aromatic heterocycles. The fourth-order valence-corrected chi connectivity index (χ4v) is 2.27. The van der Waals surface area contributed by atoms with Crippen LogP contribution in [-0.2, 0) is 4.74 Å². The zero-order valence-corrected chi connectivity index (χ0v) is 11.6. The molecule has 6 heteroatoms. The van der Waals surface area contributed by atoms with Crippen LogP contribution in [0.5, 0.6) is 0 Å². The summed E-state index contributed by atoms with van der Waals surface area (Å²) in [6.07, 6.45) is 4.32. The number of nitrogens with one attached hydrogen (secondary N) is 1. The van der Waals surface area contributed by atoms with Crippen LogP contribution in [-0.4, -0.2) is 30.6 Å². The second kappa shape index (κ2) is 6.56. The third kappa shape index (κ3) is 3.84. The van der Waals surface area contributed by atoms with Crippen LogP contribution in [0.4, 0.5) is 0 Å². The molecule has 2 rings (SSSR count). The third-order valence-corrected chi connectivity index (χ3v) is 3.40. The zero-order valence-electron chi connectivity index (χ0n) is 11.6. The predicted octanol–water partition coefficient (Wildman–Crippen LogP) is 1.46. The molecule has 1 fully saturated rings. The molecule has 20 heavy (non-hydrogen) atoms. The van der Waals surface area contributed by atoms with Gasteiger partial charge in [0.25, 0.3) is 11.8 Å². The van der Waals surface area contributed by atoms with Gasteiger partial charge in [0.15, 0.2) is 11.5 Å². The van der Waals surface area contributed by atoms with Crippen LogP contribution in [0.15, 0.2) is 16.5 Å². The SMILES string of the molecule is C[C@@H](CC[C@H]1CCCO1)NC(=O)c1ccc(C(N)=O)o1. The van der Waals surface area contributed by atoms with Crippen molar-refractivity contribution in [3.05, 3.63) is 23.7 Å². The van der Waals surface area contributed by atoms with Crippen LogP contribution < -0.4 is 11.1 Å². The minimum Gasteiger partial charge on any atom is -0.446 e. The third-order valence-electron chi connectivity index (χ3n) is 3.40. The van der Waals surface area contributed by atoms with E-state index in [2.05, 4.69) is 5.32 Å². The second-order valence-electron chi connectivity index (χ2n) is 5.12. The first kappa shape index (κ1) is 14.6. The molecule has 0 aromatic carbocycles. The number of nitrogens with two attached hydrogens (primary N) is 1. The summed E-state index contributed by atoms with van der Waals surface area (Å²) >= 11 is 0. The highest BCUT2D eigenvalue weighted by atomic mass is 16.5. The van der Waals surface area contributed by atoms with Gasteiger partial charge in [0.05, 0.1) is 6.10 Å². The highest BCUT2D eigenvalue weighted by molar-refractivity contribution is 5.95. The van der Waals surface area contributed by atoms with Crippen LogP contribution in [0.1, 0.15) is 53.7 Å². The number of amides is 2. The molecule has 6 nitrogen and oxygen atoms in total. The molecule has 2 heterocycles. The van der Waals surface area contributed by atoms with E-state index in [1.54, 1.807) is 0 Å². The molecule has 110 valence electrons. The van der Waals surface area contributed by atoms with Gasteiger partial charge in [-0.1, -0.05) is 0 Å². The van der Waals surface area contributed by atoms with Crippen molar-refractivity contribution in [1.82, 2.24) is 5.32 Å². The van der Waals surface area contributed by atoms with Crippen LogP contribution in [0.25, 0.3) is 0 Å². The standard InChI is InChI=1S/C14H20N2O4/c1-9(4-5-10-3-2-8-19-10)16-14(18)12-7-6-11(20-12)13(15)17/h6-7,9-10H,2-5,8H2,1H3,(H2,15,17)(H,16,18)/t9-,10+/m0/s1. The van der Waals surface area contributed by atoms with E-state index in [4.69, 9.17) is 14.9 Å². The summed E-state index contributed by atoms with van der Waals surface area (Å²) < 4.78 is 10.6. The van der Waals surface area contributed by atoms with Crippen molar-refractivity contribution in [3.63, 3.8) is 0 Å². The van der Waals surface area contributed by atoms with Crippen molar-refractivity contribution in [2.45, 2.75) is 44.8 Å². The quantitative estimate of drug-likeness (QED) is 0.824. The second-order valence-corrected chi connectivity index (χ2v) is 5.12.